The lowest BCUT2D eigenvalue weighted by Crippen LogP contribution is -2.34. The summed E-state index contributed by atoms with van der Waals surface area (Å²) in [6.45, 7) is 6.94. The van der Waals surface area contributed by atoms with Gasteiger partial charge in [-0.25, -0.2) is 12.8 Å². The van der Waals surface area contributed by atoms with Crippen molar-refractivity contribution in [2.24, 2.45) is 5.92 Å². The van der Waals surface area contributed by atoms with Crippen molar-refractivity contribution in [2.75, 3.05) is 13.1 Å². The second-order valence-corrected chi connectivity index (χ2v) is 7.47. The molecule has 0 aliphatic carbocycles. The molecular formula is C14H19ClFNO3S. The molecule has 1 aromatic rings. The van der Waals surface area contributed by atoms with E-state index >= 15 is 0 Å². The van der Waals surface area contributed by atoms with E-state index in [1.807, 2.05) is 20.8 Å². The van der Waals surface area contributed by atoms with E-state index in [1.54, 1.807) is 4.90 Å². The molecule has 4 nitrogen and oxygen atoms in total. The lowest BCUT2D eigenvalue weighted by molar-refractivity contribution is 0.0740. The summed E-state index contributed by atoms with van der Waals surface area (Å²) in [5.41, 5.74) is 0.112. The van der Waals surface area contributed by atoms with Crippen molar-refractivity contribution >= 4 is 25.6 Å². The Hall–Kier alpha value is -1.14. The standard InChI is InChI=1S/C14H19ClFNO3S/c1-4-10(3)9-17(5-2)14(18)11-6-7-12(16)13(8-11)21(15,19)20/h6-8,10H,4-5,9H2,1-3H3. The van der Waals surface area contributed by atoms with E-state index in [4.69, 9.17) is 10.7 Å². The summed E-state index contributed by atoms with van der Waals surface area (Å²) in [6.07, 6.45) is 0.925. The average molecular weight is 336 g/mol. The van der Waals surface area contributed by atoms with Gasteiger partial charge in [0.15, 0.2) is 0 Å². The normalized spacial score (nSPS) is 13.0. The number of amides is 1. The van der Waals surface area contributed by atoms with Gasteiger partial charge in [0.1, 0.15) is 10.7 Å². The maximum Gasteiger partial charge on any atom is 0.264 e. The van der Waals surface area contributed by atoms with Gasteiger partial charge < -0.3 is 4.90 Å². The molecule has 0 radical (unpaired) electrons. The Morgan fingerprint density at radius 2 is 2.00 bits per heavy atom. The molecule has 118 valence electrons. The predicted octanol–water partition coefficient (Wildman–Crippen LogP) is 3.26. The summed E-state index contributed by atoms with van der Waals surface area (Å²) in [7, 11) is 0.945. The molecular weight excluding hydrogens is 317 g/mol. The smallest absolute Gasteiger partial charge is 0.264 e. The molecule has 1 rings (SSSR count). The Kier molecular flexibility index (Phi) is 6.16. The minimum Gasteiger partial charge on any atom is -0.339 e. The van der Waals surface area contributed by atoms with Gasteiger partial charge in [0.25, 0.3) is 15.0 Å². The largest absolute Gasteiger partial charge is 0.339 e. The van der Waals surface area contributed by atoms with Crippen LogP contribution in [0.5, 0.6) is 0 Å². The van der Waals surface area contributed by atoms with Crippen molar-refractivity contribution in [3.63, 3.8) is 0 Å². The third-order valence-electron chi connectivity index (χ3n) is 3.34. The Balaban J connectivity index is 3.12. The zero-order valence-corrected chi connectivity index (χ0v) is 13.8. The van der Waals surface area contributed by atoms with E-state index in [0.29, 0.717) is 19.0 Å². The van der Waals surface area contributed by atoms with Gasteiger partial charge in [-0.3, -0.25) is 4.79 Å². The number of benzene rings is 1. The third-order valence-corrected chi connectivity index (χ3v) is 4.68. The molecule has 0 heterocycles. The molecule has 7 heteroatoms. The van der Waals surface area contributed by atoms with Crippen molar-refractivity contribution in [2.45, 2.75) is 32.1 Å². The first-order valence-corrected chi connectivity index (χ1v) is 9.05. The van der Waals surface area contributed by atoms with E-state index in [9.17, 15) is 17.6 Å². The van der Waals surface area contributed by atoms with Gasteiger partial charge >= 0.3 is 0 Å². The summed E-state index contributed by atoms with van der Waals surface area (Å²) in [5, 5.41) is 0. The predicted molar refractivity (Wildman–Crippen MR) is 80.5 cm³/mol. The molecule has 0 saturated heterocycles. The zero-order valence-electron chi connectivity index (χ0n) is 12.3. The van der Waals surface area contributed by atoms with Gasteiger partial charge in [0.05, 0.1) is 0 Å². The highest BCUT2D eigenvalue weighted by atomic mass is 35.7. The molecule has 0 fully saturated rings. The first kappa shape index (κ1) is 17.9. The highest BCUT2D eigenvalue weighted by Gasteiger charge is 2.21. The second-order valence-electron chi connectivity index (χ2n) is 4.94. The van der Waals surface area contributed by atoms with Crippen LogP contribution in [0, 0.1) is 11.7 Å². The molecule has 1 aromatic carbocycles. The number of hydrogen-bond donors (Lipinski definition) is 0. The highest BCUT2D eigenvalue weighted by Crippen LogP contribution is 2.21. The van der Waals surface area contributed by atoms with Gasteiger partial charge in [-0.1, -0.05) is 20.3 Å². The monoisotopic (exact) mass is 335 g/mol. The molecule has 0 bridgehead atoms. The number of rotatable bonds is 6. The summed E-state index contributed by atoms with van der Waals surface area (Å²) >= 11 is 0. The van der Waals surface area contributed by atoms with Crippen LogP contribution in [0.25, 0.3) is 0 Å². The van der Waals surface area contributed by atoms with Crippen molar-refractivity contribution in [3.8, 4) is 0 Å². The van der Waals surface area contributed by atoms with Crippen LogP contribution in [-0.2, 0) is 9.05 Å². The van der Waals surface area contributed by atoms with Crippen LogP contribution in [0.3, 0.4) is 0 Å². The molecule has 0 aliphatic heterocycles. The fourth-order valence-corrected chi connectivity index (χ4v) is 2.79. The van der Waals surface area contributed by atoms with E-state index in [1.165, 1.54) is 6.07 Å². The van der Waals surface area contributed by atoms with Crippen LogP contribution in [0.15, 0.2) is 23.1 Å². The first-order valence-electron chi connectivity index (χ1n) is 6.74. The van der Waals surface area contributed by atoms with Crippen LogP contribution in [0.1, 0.15) is 37.6 Å². The quantitative estimate of drug-likeness (QED) is 0.750. The molecule has 1 unspecified atom stereocenters. The van der Waals surface area contributed by atoms with Gasteiger partial charge in [-0.2, -0.15) is 0 Å². The Morgan fingerprint density at radius 3 is 2.48 bits per heavy atom. The molecule has 1 amide bonds. The summed E-state index contributed by atoms with van der Waals surface area (Å²) in [6, 6.07) is 3.20. The van der Waals surface area contributed by atoms with E-state index in [0.717, 1.165) is 18.6 Å². The Labute approximate surface area is 129 Å². The summed E-state index contributed by atoms with van der Waals surface area (Å²) in [5.74, 6) is -0.975. The second kappa shape index (κ2) is 7.22. The van der Waals surface area contributed by atoms with Crippen LogP contribution in [0.4, 0.5) is 4.39 Å². The van der Waals surface area contributed by atoms with Crippen molar-refractivity contribution in [3.05, 3.63) is 29.6 Å². The maximum absolute atomic E-state index is 13.5. The van der Waals surface area contributed by atoms with Crippen LogP contribution in [0.2, 0.25) is 0 Å². The molecule has 0 aliphatic rings. The lowest BCUT2D eigenvalue weighted by atomic mass is 10.1. The molecule has 0 N–H and O–H groups in total. The van der Waals surface area contributed by atoms with E-state index in [2.05, 4.69) is 0 Å². The molecule has 1 atom stereocenters. The van der Waals surface area contributed by atoms with E-state index < -0.39 is 19.8 Å². The van der Waals surface area contributed by atoms with Crippen molar-refractivity contribution in [1.29, 1.82) is 0 Å². The number of carbonyl (C=O) groups excluding carboxylic acids is 1. The van der Waals surface area contributed by atoms with Crippen LogP contribution in [-0.4, -0.2) is 32.3 Å². The SMILES string of the molecule is CCC(C)CN(CC)C(=O)c1ccc(F)c(S(=O)(=O)Cl)c1. The molecule has 0 spiro atoms. The van der Waals surface area contributed by atoms with Crippen LogP contribution >= 0.6 is 10.7 Å². The van der Waals surface area contributed by atoms with Gasteiger partial charge in [-0.15, -0.1) is 0 Å². The fourth-order valence-electron chi connectivity index (χ4n) is 1.87. The van der Waals surface area contributed by atoms with Gasteiger partial charge in [-0.05, 0) is 31.0 Å². The Morgan fingerprint density at radius 1 is 1.38 bits per heavy atom. The first-order chi connectivity index (χ1) is 9.70. The number of hydrogen-bond acceptors (Lipinski definition) is 3. The maximum atomic E-state index is 13.5. The Bertz CT molecular complexity index is 619. The number of carbonyl (C=O) groups is 1. The minimum atomic E-state index is -4.22. The number of nitrogens with zero attached hydrogens (tertiary/aromatic N) is 1. The number of halogens is 2. The highest BCUT2D eigenvalue weighted by molar-refractivity contribution is 8.13. The summed E-state index contributed by atoms with van der Waals surface area (Å²) < 4.78 is 36.1. The van der Waals surface area contributed by atoms with Crippen molar-refractivity contribution < 1.29 is 17.6 Å². The van der Waals surface area contributed by atoms with Crippen LogP contribution < -0.4 is 0 Å². The van der Waals surface area contributed by atoms with Gasteiger partial charge in [0.2, 0.25) is 0 Å². The molecule has 0 aromatic heterocycles. The average Bonchev–Trinajstić information content (AvgIpc) is 2.42. The third kappa shape index (κ3) is 4.68. The topological polar surface area (TPSA) is 54.5 Å². The zero-order chi connectivity index (χ0) is 16.2. The van der Waals surface area contributed by atoms with Crippen molar-refractivity contribution in [1.82, 2.24) is 4.90 Å². The van der Waals surface area contributed by atoms with Gasteiger partial charge in [0, 0.05) is 29.3 Å². The molecule has 0 saturated carbocycles. The minimum absolute atomic E-state index is 0.112. The lowest BCUT2D eigenvalue weighted by Gasteiger charge is -2.24. The fraction of sp³-hybridized carbons (Fsp3) is 0.500. The summed E-state index contributed by atoms with van der Waals surface area (Å²) in [4.78, 5) is 13.3. The molecule has 21 heavy (non-hydrogen) atoms. The van der Waals surface area contributed by atoms with E-state index in [-0.39, 0.29) is 11.5 Å².